The molecule has 0 aliphatic carbocycles. The Kier molecular flexibility index (Phi) is 8.85. The third-order valence-electron chi connectivity index (χ3n) is 4.52. The molecule has 140 valence electrons. The summed E-state index contributed by atoms with van der Waals surface area (Å²) < 4.78 is 19.6. The van der Waals surface area contributed by atoms with Gasteiger partial charge in [-0.2, -0.15) is 0 Å². The molecule has 0 saturated carbocycles. The van der Waals surface area contributed by atoms with Gasteiger partial charge in [-0.15, -0.1) is 0 Å². The summed E-state index contributed by atoms with van der Waals surface area (Å²) in [5, 5.41) is 0. The van der Waals surface area contributed by atoms with Gasteiger partial charge in [-0.05, 0) is 40.5 Å². The molecule has 1 aromatic carbocycles. The Morgan fingerprint density at radius 1 is 1.24 bits per heavy atom. The summed E-state index contributed by atoms with van der Waals surface area (Å²) in [4.78, 5) is 17.1. The number of nitrogens with zero attached hydrogens (tertiary/aromatic N) is 2. The van der Waals surface area contributed by atoms with Crippen molar-refractivity contribution in [3.8, 4) is 0 Å². The van der Waals surface area contributed by atoms with Gasteiger partial charge in [0.2, 0.25) is 0 Å². The topological polar surface area (TPSA) is 32.8 Å². The first-order valence-electron chi connectivity index (χ1n) is 9.16. The number of halogens is 2. The van der Waals surface area contributed by atoms with Gasteiger partial charge in [0.05, 0.1) is 18.8 Å². The number of benzene rings is 1. The highest BCUT2D eigenvalue weighted by molar-refractivity contribution is 9.10. The molecule has 0 atom stereocenters. The smallest absolute Gasteiger partial charge is 0.255 e. The summed E-state index contributed by atoms with van der Waals surface area (Å²) in [5.41, 5.74) is 0.400. The lowest BCUT2D eigenvalue weighted by atomic mass is 10.1. The van der Waals surface area contributed by atoms with Gasteiger partial charge in [0.15, 0.2) is 0 Å². The minimum atomic E-state index is -0.384. The largest absolute Gasteiger partial charge is 0.379 e. The highest BCUT2D eigenvalue weighted by Gasteiger charge is 2.20. The standard InChI is InChI=1S/C19H28BrFN2O2/c1-2-3-4-5-8-23(10-9-22-11-13-25-14-12-22)19(24)17-15-16(21)6-7-18(17)20/h6-7,15H,2-5,8-14H2,1H3. The van der Waals surface area contributed by atoms with Crippen LogP contribution in [0.3, 0.4) is 0 Å². The maximum atomic E-state index is 13.6. The molecule has 1 saturated heterocycles. The second kappa shape index (κ2) is 10.9. The Hall–Kier alpha value is -0.980. The highest BCUT2D eigenvalue weighted by Crippen LogP contribution is 2.20. The maximum Gasteiger partial charge on any atom is 0.255 e. The highest BCUT2D eigenvalue weighted by atomic mass is 79.9. The van der Waals surface area contributed by atoms with Gasteiger partial charge in [-0.3, -0.25) is 9.69 Å². The summed E-state index contributed by atoms with van der Waals surface area (Å²) in [6.45, 7) is 7.68. The minimum absolute atomic E-state index is 0.101. The van der Waals surface area contributed by atoms with Crippen LogP contribution in [0.4, 0.5) is 4.39 Å². The summed E-state index contributed by atoms with van der Waals surface area (Å²) in [6.07, 6.45) is 4.43. The lowest BCUT2D eigenvalue weighted by Crippen LogP contribution is -2.43. The van der Waals surface area contributed by atoms with Gasteiger partial charge in [-0.25, -0.2) is 4.39 Å². The Labute approximate surface area is 158 Å². The van der Waals surface area contributed by atoms with Crippen LogP contribution < -0.4 is 0 Å². The van der Waals surface area contributed by atoms with Crippen molar-refractivity contribution < 1.29 is 13.9 Å². The SMILES string of the molecule is CCCCCCN(CCN1CCOCC1)C(=O)c1cc(F)ccc1Br. The molecule has 1 heterocycles. The number of morpholine rings is 1. The van der Waals surface area contributed by atoms with Crippen molar-refractivity contribution in [2.75, 3.05) is 45.9 Å². The van der Waals surface area contributed by atoms with E-state index in [0.29, 0.717) is 23.1 Å². The first kappa shape index (κ1) is 20.3. The molecular weight excluding hydrogens is 387 g/mol. The Balaban J connectivity index is 2.00. The number of ether oxygens (including phenoxy) is 1. The van der Waals surface area contributed by atoms with Crippen molar-refractivity contribution in [3.05, 3.63) is 34.1 Å². The van der Waals surface area contributed by atoms with Crippen molar-refractivity contribution in [1.29, 1.82) is 0 Å². The van der Waals surface area contributed by atoms with E-state index in [0.717, 1.165) is 52.1 Å². The predicted molar refractivity (Wildman–Crippen MR) is 101 cm³/mol. The third-order valence-corrected chi connectivity index (χ3v) is 5.21. The first-order chi connectivity index (χ1) is 12.1. The number of rotatable bonds is 9. The second-order valence-electron chi connectivity index (χ2n) is 6.43. The molecule has 0 bridgehead atoms. The van der Waals surface area contributed by atoms with E-state index >= 15 is 0 Å². The van der Waals surface area contributed by atoms with Crippen LogP contribution in [0.2, 0.25) is 0 Å². The van der Waals surface area contributed by atoms with E-state index in [2.05, 4.69) is 27.8 Å². The average molecular weight is 415 g/mol. The lowest BCUT2D eigenvalue weighted by molar-refractivity contribution is 0.0324. The van der Waals surface area contributed by atoms with Crippen molar-refractivity contribution >= 4 is 21.8 Å². The molecule has 2 rings (SSSR count). The van der Waals surface area contributed by atoms with E-state index < -0.39 is 0 Å². The molecule has 0 aromatic heterocycles. The van der Waals surface area contributed by atoms with Crippen LogP contribution in [0.5, 0.6) is 0 Å². The molecule has 1 aromatic rings. The van der Waals surface area contributed by atoms with E-state index in [1.807, 2.05) is 4.90 Å². The van der Waals surface area contributed by atoms with Gasteiger partial charge in [0.25, 0.3) is 5.91 Å². The number of unbranched alkanes of at least 4 members (excludes halogenated alkanes) is 3. The normalized spacial score (nSPS) is 15.3. The van der Waals surface area contributed by atoms with Crippen molar-refractivity contribution in [3.63, 3.8) is 0 Å². The van der Waals surface area contributed by atoms with Gasteiger partial charge in [0.1, 0.15) is 5.82 Å². The van der Waals surface area contributed by atoms with Crippen molar-refractivity contribution in [2.45, 2.75) is 32.6 Å². The molecular formula is C19H28BrFN2O2. The molecule has 6 heteroatoms. The molecule has 4 nitrogen and oxygen atoms in total. The van der Waals surface area contributed by atoms with Crippen LogP contribution >= 0.6 is 15.9 Å². The van der Waals surface area contributed by atoms with Crippen LogP contribution in [0.1, 0.15) is 43.0 Å². The summed E-state index contributed by atoms with van der Waals surface area (Å²) in [6, 6.07) is 4.28. The molecule has 1 aliphatic heterocycles. The number of hydrogen-bond acceptors (Lipinski definition) is 3. The van der Waals surface area contributed by atoms with E-state index in [1.54, 1.807) is 6.07 Å². The van der Waals surface area contributed by atoms with Gasteiger partial charge < -0.3 is 9.64 Å². The predicted octanol–water partition coefficient (Wildman–Crippen LogP) is 3.94. The van der Waals surface area contributed by atoms with Crippen molar-refractivity contribution in [2.24, 2.45) is 0 Å². The molecule has 1 amide bonds. The molecule has 0 unspecified atom stereocenters. The van der Waals surface area contributed by atoms with Crippen LogP contribution in [0.25, 0.3) is 0 Å². The second-order valence-corrected chi connectivity index (χ2v) is 7.29. The molecule has 1 fully saturated rings. The number of hydrogen-bond donors (Lipinski definition) is 0. The number of carbonyl (C=O) groups excluding carboxylic acids is 1. The first-order valence-corrected chi connectivity index (χ1v) is 9.95. The molecule has 0 spiro atoms. The lowest BCUT2D eigenvalue weighted by Gasteiger charge is -2.30. The third kappa shape index (κ3) is 6.68. The summed E-state index contributed by atoms with van der Waals surface area (Å²) in [7, 11) is 0. The Bertz CT molecular complexity index is 550. The summed E-state index contributed by atoms with van der Waals surface area (Å²) in [5.74, 6) is -0.484. The van der Waals surface area contributed by atoms with Crippen LogP contribution in [-0.4, -0.2) is 61.6 Å². The van der Waals surface area contributed by atoms with Crippen LogP contribution in [0, 0.1) is 5.82 Å². The fourth-order valence-electron chi connectivity index (χ4n) is 2.96. The molecule has 0 radical (unpaired) electrons. The maximum absolute atomic E-state index is 13.6. The quantitative estimate of drug-likeness (QED) is 0.573. The van der Waals surface area contributed by atoms with Crippen LogP contribution in [-0.2, 0) is 4.74 Å². The Morgan fingerprint density at radius 3 is 2.72 bits per heavy atom. The Morgan fingerprint density at radius 2 is 2.00 bits per heavy atom. The van der Waals surface area contributed by atoms with Gasteiger partial charge in [-0.1, -0.05) is 26.2 Å². The molecule has 0 N–H and O–H groups in total. The fraction of sp³-hybridized carbons (Fsp3) is 0.632. The molecule has 25 heavy (non-hydrogen) atoms. The average Bonchev–Trinajstić information content (AvgIpc) is 2.63. The van der Waals surface area contributed by atoms with Gasteiger partial charge >= 0.3 is 0 Å². The number of carbonyl (C=O) groups is 1. The van der Waals surface area contributed by atoms with E-state index in [9.17, 15) is 9.18 Å². The van der Waals surface area contributed by atoms with Gasteiger partial charge in [0, 0.05) is 37.2 Å². The number of amides is 1. The van der Waals surface area contributed by atoms with E-state index in [1.165, 1.54) is 18.6 Å². The van der Waals surface area contributed by atoms with E-state index in [-0.39, 0.29) is 11.7 Å². The fourth-order valence-corrected chi connectivity index (χ4v) is 3.38. The molecule has 1 aliphatic rings. The zero-order valence-corrected chi connectivity index (χ0v) is 16.6. The zero-order valence-electron chi connectivity index (χ0n) is 15.0. The zero-order chi connectivity index (χ0) is 18.1. The monoisotopic (exact) mass is 414 g/mol. The van der Waals surface area contributed by atoms with Crippen LogP contribution in [0.15, 0.2) is 22.7 Å². The summed E-state index contributed by atoms with van der Waals surface area (Å²) >= 11 is 3.38. The van der Waals surface area contributed by atoms with Crippen molar-refractivity contribution in [1.82, 2.24) is 9.80 Å². The van der Waals surface area contributed by atoms with E-state index in [4.69, 9.17) is 4.74 Å². The minimum Gasteiger partial charge on any atom is -0.379 e.